The number of nitrogens with zero attached hydrogens (tertiary/aromatic N) is 1. The van der Waals surface area contributed by atoms with E-state index in [-0.39, 0.29) is 5.41 Å². The molecule has 0 saturated heterocycles. The summed E-state index contributed by atoms with van der Waals surface area (Å²) in [6.07, 6.45) is 4.95. The van der Waals surface area contributed by atoms with Gasteiger partial charge in [-0.15, -0.1) is 0 Å². The van der Waals surface area contributed by atoms with E-state index in [9.17, 15) is 0 Å². The molecule has 1 aromatic rings. The van der Waals surface area contributed by atoms with Crippen molar-refractivity contribution in [2.45, 2.75) is 44.1 Å². The van der Waals surface area contributed by atoms with Crippen LogP contribution in [0, 0.1) is 0 Å². The Morgan fingerprint density at radius 3 is 2.80 bits per heavy atom. The summed E-state index contributed by atoms with van der Waals surface area (Å²) in [5, 5.41) is 7.62. The number of nitrogens with one attached hydrogen (secondary N) is 2. The lowest BCUT2D eigenvalue weighted by Gasteiger charge is -2.16. The van der Waals surface area contributed by atoms with Crippen LogP contribution in [0.15, 0.2) is 29.3 Å². The number of aliphatic imine (C=N–C) groups is 1. The monoisotopic (exact) mass is 291 g/mol. The van der Waals surface area contributed by atoms with E-state index in [2.05, 4.69) is 29.7 Å². The van der Waals surface area contributed by atoms with Crippen LogP contribution >= 0.6 is 11.6 Å². The molecular weight excluding hydrogens is 270 g/mol. The smallest absolute Gasteiger partial charge is 0.191 e. The van der Waals surface area contributed by atoms with Gasteiger partial charge in [0.25, 0.3) is 0 Å². The Hall–Kier alpha value is -1.22. The summed E-state index contributed by atoms with van der Waals surface area (Å²) < 4.78 is 0. The molecule has 20 heavy (non-hydrogen) atoms. The highest BCUT2D eigenvalue weighted by Gasteiger charge is 2.44. The van der Waals surface area contributed by atoms with Gasteiger partial charge in [-0.3, -0.25) is 4.99 Å². The van der Waals surface area contributed by atoms with Gasteiger partial charge in [-0.2, -0.15) is 0 Å². The van der Waals surface area contributed by atoms with Gasteiger partial charge in [-0.05, 0) is 50.3 Å². The minimum atomic E-state index is 0.219. The lowest BCUT2D eigenvalue weighted by atomic mass is 9.96. The number of hydrogen-bond acceptors (Lipinski definition) is 1. The first-order valence-corrected chi connectivity index (χ1v) is 7.90. The topological polar surface area (TPSA) is 36.4 Å². The number of guanidine groups is 1. The lowest BCUT2D eigenvalue weighted by Crippen LogP contribution is -2.39. The van der Waals surface area contributed by atoms with E-state index in [0.29, 0.717) is 6.04 Å². The van der Waals surface area contributed by atoms with Crippen molar-refractivity contribution in [1.82, 2.24) is 10.6 Å². The third-order valence-corrected chi connectivity index (χ3v) is 4.33. The van der Waals surface area contributed by atoms with Crippen LogP contribution in [-0.2, 0) is 5.41 Å². The van der Waals surface area contributed by atoms with Crippen LogP contribution in [0.3, 0.4) is 0 Å². The molecule has 0 atom stereocenters. The summed E-state index contributed by atoms with van der Waals surface area (Å²) in [7, 11) is 0. The molecule has 4 heteroatoms. The Labute approximate surface area is 125 Å². The normalized spacial score (nSPS) is 20.6. The van der Waals surface area contributed by atoms with E-state index < -0.39 is 0 Å². The molecule has 0 radical (unpaired) electrons. The molecular formula is C16H22ClN3. The van der Waals surface area contributed by atoms with E-state index in [0.717, 1.165) is 24.1 Å². The average Bonchev–Trinajstić information content (AvgIpc) is 3.33. The van der Waals surface area contributed by atoms with Crippen LogP contribution in [0.2, 0.25) is 5.02 Å². The Kier molecular flexibility index (Phi) is 3.88. The first kappa shape index (κ1) is 13.7. The second-order valence-electron chi connectivity index (χ2n) is 5.90. The molecule has 1 aromatic carbocycles. The van der Waals surface area contributed by atoms with Crippen molar-refractivity contribution >= 4 is 17.6 Å². The van der Waals surface area contributed by atoms with Gasteiger partial charge < -0.3 is 10.6 Å². The van der Waals surface area contributed by atoms with Crippen molar-refractivity contribution in [3.8, 4) is 0 Å². The molecule has 0 amide bonds. The zero-order valence-electron chi connectivity index (χ0n) is 12.0. The fraction of sp³-hybridized carbons (Fsp3) is 0.562. The summed E-state index contributed by atoms with van der Waals surface area (Å²) in [6, 6.07) is 8.87. The van der Waals surface area contributed by atoms with Crippen LogP contribution in [0.4, 0.5) is 0 Å². The van der Waals surface area contributed by atoms with Crippen molar-refractivity contribution in [2.75, 3.05) is 13.1 Å². The summed E-state index contributed by atoms with van der Waals surface area (Å²) in [5.41, 5.74) is 1.55. The maximum Gasteiger partial charge on any atom is 0.191 e. The van der Waals surface area contributed by atoms with Gasteiger partial charge in [0.2, 0.25) is 0 Å². The number of benzene rings is 1. The quantitative estimate of drug-likeness (QED) is 0.646. The molecule has 0 spiro atoms. The SMILES string of the molecule is CCNC(=NCC1(c2cccc(Cl)c2)CC1)NC1CC1. The second-order valence-corrected chi connectivity index (χ2v) is 6.34. The van der Waals surface area contributed by atoms with Crippen molar-refractivity contribution in [2.24, 2.45) is 4.99 Å². The molecule has 2 N–H and O–H groups in total. The molecule has 2 saturated carbocycles. The van der Waals surface area contributed by atoms with E-state index in [1.165, 1.54) is 31.2 Å². The first-order valence-electron chi connectivity index (χ1n) is 7.53. The maximum atomic E-state index is 6.11. The van der Waals surface area contributed by atoms with Crippen LogP contribution in [0.1, 0.15) is 38.2 Å². The third kappa shape index (κ3) is 3.26. The minimum absolute atomic E-state index is 0.219. The average molecular weight is 292 g/mol. The Morgan fingerprint density at radius 2 is 2.20 bits per heavy atom. The lowest BCUT2D eigenvalue weighted by molar-refractivity contribution is 0.692. The highest BCUT2D eigenvalue weighted by Crippen LogP contribution is 2.48. The molecule has 2 aliphatic rings. The molecule has 0 bridgehead atoms. The fourth-order valence-corrected chi connectivity index (χ4v) is 2.67. The molecule has 0 aliphatic heterocycles. The molecule has 0 aromatic heterocycles. The van der Waals surface area contributed by atoms with Gasteiger partial charge in [0, 0.05) is 23.0 Å². The predicted octanol–water partition coefficient (Wildman–Crippen LogP) is 3.09. The van der Waals surface area contributed by atoms with E-state index in [4.69, 9.17) is 16.6 Å². The summed E-state index contributed by atoms with van der Waals surface area (Å²) in [5.74, 6) is 0.961. The number of hydrogen-bond donors (Lipinski definition) is 2. The van der Waals surface area contributed by atoms with Gasteiger partial charge in [0.1, 0.15) is 0 Å². The molecule has 2 fully saturated rings. The van der Waals surface area contributed by atoms with Gasteiger partial charge in [-0.25, -0.2) is 0 Å². The van der Waals surface area contributed by atoms with Gasteiger partial charge in [0.05, 0.1) is 6.54 Å². The number of rotatable bonds is 5. The zero-order valence-corrected chi connectivity index (χ0v) is 12.7. The van der Waals surface area contributed by atoms with E-state index >= 15 is 0 Å². The van der Waals surface area contributed by atoms with Crippen LogP contribution < -0.4 is 10.6 Å². The maximum absolute atomic E-state index is 6.11. The van der Waals surface area contributed by atoms with Crippen molar-refractivity contribution in [3.05, 3.63) is 34.9 Å². The first-order chi connectivity index (χ1) is 9.72. The molecule has 0 heterocycles. The summed E-state index contributed by atoms with van der Waals surface area (Å²) >= 11 is 6.11. The Morgan fingerprint density at radius 1 is 1.40 bits per heavy atom. The molecule has 3 rings (SSSR count). The van der Waals surface area contributed by atoms with Gasteiger partial charge in [-0.1, -0.05) is 23.7 Å². The van der Waals surface area contributed by atoms with E-state index in [1.54, 1.807) is 0 Å². The van der Waals surface area contributed by atoms with Crippen molar-refractivity contribution in [1.29, 1.82) is 0 Å². The van der Waals surface area contributed by atoms with E-state index in [1.807, 2.05) is 12.1 Å². The number of halogens is 1. The second kappa shape index (κ2) is 5.65. The molecule has 0 unspecified atom stereocenters. The van der Waals surface area contributed by atoms with Gasteiger partial charge >= 0.3 is 0 Å². The third-order valence-electron chi connectivity index (χ3n) is 4.09. The highest BCUT2D eigenvalue weighted by atomic mass is 35.5. The highest BCUT2D eigenvalue weighted by molar-refractivity contribution is 6.30. The predicted molar refractivity (Wildman–Crippen MR) is 84.5 cm³/mol. The fourth-order valence-electron chi connectivity index (χ4n) is 2.48. The van der Waals surface area contributed by atoms with Crippen molar-refractivity contribution in [3.63, 3.8) is 0 Å². The Balaban J connectivity index is 1.68. The summed E-state index contributed by atoms with van der Waals surface area (Å²) in [6.45, 7) is 3.85. The standard InChI is InChI=1S/C16H22ClN3/c1-2-18-15(20-14-6-7-14)19-11-16(8-9-16)12-4-3-5-13(17)10-12/h3-5,10,14H,2,6-9,11H2,1H3,(H2,18,19,20). The molecule has 108 valence electrons. The van der Waals surface area contributed by atoms with Crippen LogP contribution in [0.25, 0.3) is 0 Å². The summed E-state index contributed by atoms with van der Waals surface area (Å²) in [4.78, 5) is 4.79. The minimum Gasteiger partial charge on any atom is -0.357 e. The van der Waals surface area contributed by atoms with Crippen molar-refractivity contribution < 1.29 is 0 Å². The van der Waals surface area contributed by atoms with Gasteiger partial charge in [0.15, 0.2) is 5.96 Å². The molecule has 3 nitrogen and oxygen atoms in total. The largest absolute Gasteiger partial charge is 0.357 e. The zero-order chi connectivity index (χ0) is 14.0. The molecule has 2 aliphatic carbocycles. The van der Waals surface area contributed by atoms with Crippen LogP contribution in [-0.4, -0.2) is 25.1 Å². The Bertz CT molecular complexity index is 504. The van der Waals surface area contributed by atoms with Crippen LogP contribution in [0.5, 0.6) is 0 Å².